The van der Waals surface area contributed by atoms with Crippen molar-refractivity contribution in [2.24, 2.45) is 0 Å². The molecule has 4 heteroatoms. The zero-order chi connectivity index (χ0) is 15.9. The van der Waals surface area contributed by atoms with Crippen molar-refractivity contribution in [2.45, 2.75) is 64.8 Å². The number of nitrogens with one attached hydrogen (secondary N) is 3. The summed E-state index contributed by atoms with van der Waals surface area (Å²) in [4.78, 5) is 2.75. The fourth-order valence-electron chi connectivity index (χ4n) is 3.23. The minimum Gasteiger partial charge on any atom is -0.314 e. The van der Waals surface area contributed by atoms with Crippen molar-refractivity contribution in [3.05, 3.63) is 0 Å². The predicted octanol–water partition coefficient (Wildman–Crippen LogP) is 2.21. The van der Waals surface area contributed by atoms with E-state index in [4.69, 9.17) is 0 Å². The second kappa shape index (κ2) is 14.4. The summed E-state index contributed by atoms with van der Waals surface area (Å²) >= 11 is 0. The molecule has 0 aliphatic carbocycles. The molecule has 0 aromatic heterocycles. The van der Waals surface area contributed by atoms with Gasteiger partial charge in [-0.15, -0.1) is 0 Å². The van der Waals surface area contributed by atoms with Gasteiger partial charge in [-0.05, 0) is 12.8 Å². The third-order valence-electron chi connectivity index (χ3n) is 4.66. The first kappa shape index (κ1) is 19.9. The summed E-state index contributed by atoms with van der Waals surface area (Å²) in [5.74, 6) is 0. The highest BCUT2D eigenvalue weighted by Gasteiger charge is 2.17. The van der Waals surface area contributed by atoms with E-state index in [1.165, 1.54) is 58.0 Å². The Balaban J connectivity index is 2.47. The molecule has 0 spiro atoms. The van der Waals surface area contributed by atoms with E-state index >= 15 is 0 Å². The summed E-state index contributed by atoms with van der Waals surface area (Å²) < 4.78 is 0. The highest BCUT2D eigenvalue weighted by Crippen LogP contribution is 2.16. The molecule has 0 amide bonds. The first-order chi connectivity index (χ1) is 10.9. The van der Waals surface area contributed by atoms with Crippen LogP contribution in [0.1, 0.15) is 58.8 Å². The lowest BCUT2D eigenvalue weighted by Crippen LogP contribution is -2.45. The first-order valence-electron chi connectivity index (χ1n) is 9.74. The van der Waals surface area contributed by atoms with Crippen LogP contribution in [0.5, 0.6) is 0 Å². The van der Waals surface area contributed by atoms with Crippen molar-refractivity contribution < 1.29 is 0 Å². The Hall–Kier alpha value is -0.160. The van der Waals surface area contributed by atoms with Crippen molar-refractivity contribution >= 4 is 0 Å². The molecule has 0 aromatic carbocycles. The molecule has 1 heterocycles. The van der Waals surface area contributed by atoms with Gasteiger partial charge in [0.25, 0.3) is 0 Å². The summed E-state index contributed by atoms with van der Waals surface area (Å²) in [6.45, 7) is 13.6. The lowest BCUT2D eigenvalue weighted by Gasteiger charge is -2.32. The molecule has 1 saturated heterocycles. The van der Waals surface area contributed by atoms with E-state index < -0.39 is 0 Å². The van der Waals surface area contributed by atoms with Crippen LogP contribution in [0.2, 0.25) is 0 Å². The van der Waals surface area contributed by atoms with Crippen LogP contribution in [0.3, 0.4) is 0 Å². The van der Waals surface area contributed by atoms with Gasteiger partial charge in [0.1, 0.15) is 0 Å². The number of hydrogen-bond acceptors (Lipinski definition) is 4. The molecule has 1 rings (SSSR count). The van der Waals surface area contributed by atoms with Crippen LogP contribution in [0.4, 0.5) is 0 Å². The van der Waals surface area contributed by atoms with Gasteiger partial charge in [0, 0.05) is 58.4 Å². The van der Waals surface area contributed by atoms with Crippen LogP contribution in [0.15, 0.2) is 0 Å². The van der Waals surface area contributed by atoms with E-state index in [-0.39, 0.29) is 0 Å². The number of hydrogen-bond donors (Lipinski definition) is 3. The van der Waals surface area contributed by atoms with E-state index in [1.54, 1.807) is 0 Å². The molecule has 1 fully saturated rings. The maximum atomic E-state index is 3.59. The fraction of sp³-hybridized carbons (Fsp3) is 1.00. The van der Waals surface area contributed by atoms with E-state index in [0.29, 0.717) is 0 Å². The molecule has 1 aliphatic rings. The normalized spacial score (nSPS) is 21.0. The Morgan fingerprint density at radius 3 is 1.73 bits per heavy atom. The van der Waals surface area contributed by atoms with E-state index in [0.717, 1.165) is 45.3 Å². The van der Waals surface area contributed by atoms with Crippen molar-refractivity contribution in [1.82, 2.24) is 20.9 Å². The molecule has 132 valence electrons. The topological polar surface area (TPSA) is 39.3 Å². The summed E-state index contributed by atoms with van der Waals surface area (Å²) in [7, 11) is 0. The van der Waals surface area contributed by atoms with Crippen LogP contribution in [-0.4, -0.2) is 63.3 Å². The summed E-state index contributed by atoms with van der Waals surface area (Å²) in [6, 6.07) is 0.788. The SMILES string of the molecule is CCCCCC(CCCC)N1CCNCCNCCNCC1. The Morgan fingerprint density at radius 2 is 1.18 bits per heavy atom. The smallest absolute Gasteiger partial charge is 0.0110 e. The number of nitrogens with zero attached hydrogens (tertiary/aromatic N) is 1. The van der Waals surface area contributed by atoms with Gasteiger partial charge in [-0.25, -0.2) is 0 Å². The van der Waals surface area contributed by atoms with Crippen LogP contribution >= 0.6 is 0 Å². The molecule has 22 heavy (non-hydrogen) atoms. The van der Waals surface area contributed by atoms with E-state index in [2.05, 4.69) is 34.7 Å². The Kier molecular flexibility index (Phi) is 13.0. The predicted molar refractivity (Wildman–Crippen MR) is 97.6 cm³/mol. The Labute approximate surface area is 138 Å². The Morgan fingerprint density at radius 1 is 0.682 bits per heavy atom. The van der Waals surface area contributed by atoms with Crippen molar-refractivity contribution in [3.8, 4) is 0 Å². The lowest BCUT2D eigenvalue weighted by molar-refractivity contribution is 0.172. The fourth-order valence-corrected chi connectivity index (χ4v) is 3.23. The molecular weight excluding hydrogens is 272 g/mol. The zero-order valence-corrected chi connectivity index (χ0v) is 15.1. The highest BCUT2D eigenvalue weighted by atomic mass is 15.2. The van der Waals surface area contributed by atoms with Gasteiger partial charge >= 0.3 is 0 Å². The van der Waals surface area contributed by atoms with E-state index in [1.807, 2.05) is 0 Å². The molecule has 0 bridgehead atoms. The van der Waals surface area contributed by atoms with Crippen molar-refractivity contribution in [3.63, 3.8) is 0 Å². The van der Waals surface area contributed by atoms with Gasteiger partial charge in [-0.3, -0.25) is 4.90 Å². The van der Waals surface area contributed by atoms with Crippen LogP contribution in [0, 0.1) is 0 Å². The second-order valence-corrected chi connectivity index (χ2v) is 6.58. The summed E-state index contributed by atoms with van der Waals surface area (Å²) in [5.41, 5.74) is 0. The van der Waals surface area contributed by atoms with Gasteiger partial charge in [0.05, 0.1) is 0 Å². The standard InChI is InChI=1S/C18H40N4/c1-3-5-7-9-18(8-6-4-2)22-16-14-20-12-10-19-11-13-21-15-17-22/h18-21H,3-17H2,1-2H3. The van der Waals surface area contributed by atoms with Crippen LogP contribution in [0.25, 0.3) is 0 Å². The van der Waals surface area contributed by atoms with Crippen molar-refractivity contribution in [1.29, 1.82) is 0 Å². The third kappa shape index (κ3) is 9.78. The van der Waals surface area contributed by atoms with Crippen LogP contribution < -0.4 is 16.0 Å². The van der Waals surface area contributed by atoms with Gasteiger partial charge in [-0.2, -0.15) is 0 Å². The third-order valence-corrected chi connectivity index (χ3v) is 4.66. The van der Waals surface area contributed by atoms with Gasteiger partial charge in [0.2, 0.25) is 0 Å². The molecule has 4 nitrogen and oxygen atoms in total. The van der Waals surface area contributed by atoms with Crippen LogP contribution in [-0.2, 0) is 0 Å². The zero-order valence-electron chi connectivity index (χ0n) is 15.1. The molecule has 1 aliphatic heterocycles. The monoisotopic (exact) mass is 312 g/mol. The number of rotatable bonds is 8. The molecule has 0 saturated carbocycles. The molecule has 0 aromatic rings. The first-order valence-corrected chi connectivity index (χ1v) is 9.74. The minimum atomic E-state index is 0.788. The van der Waals surface area contributed by atoms with E-state index in [9.17, 15) is 0 Å². The summed E-state index contributed by atoms with van der Waals surface area (Å²) in [6.07, 6.45) is 9.57. The second-order valence-electron chi connectivity index (χ2n) is 6.58. The number of unbranched alkanes of at least 4 members (excludes halogenated alkanes) is 3. The quantitative estimate of drug-likeness (QED) is 0.601. The average molecular weight is 313 g/mol. The largest absolute Gasteiger partial charge is 0.314 e. The minimum absolute atomic E-state index is 0.788. The summed E-state index contributed by atoms with van der Waals surface area (Å²) in [5, 5.41) is 10.6. The van der Waals surface area contributed by atoms with Gasteiger partial charge in [0.15, 0.2) is 0 Å². The molecule has 1 unspecified atom stereocenters. The Bertz CT molecular complexity index is 223. The maximum absolute atomic E-state index is 3.59. The molecule has 0 radical (unpaired) electrons. The van der Waals surface area contributed by atoms with Gasteiger partial charge < -0.3 is 16.0 Å². The lowest BCUT2D eigenvalue weighted by atomic mass is 10.0. The van der Waals surface area contributed by atoms with Gasteiger partial charge in [-0.1, -0.05) is 46.0 Å². The molecule has 3 N–H and O–H groups in total. The van der Waals surface area contributed by atoms with Crippen molar-refractivity contribution in [2.75, 3.05) is 52.4 Å². The molecular formula is C18H40N4. The molecule has 1 atom stereocenters. The highest BCUT2D eigenvalue weighted by molar-refractivity contribution is 4.74. The maximum Gasteiger partial charge on any atom is 0.0110 e. The average Bonchev–Trinajstić information content (AvgIpc) is 2.52.